The van der Waals surface area contributed by atoms with E-state index in [1.807, 2.05) is 20.8 Å². The lowest BCUT2D eigenvalue weighted by atomic mass is 10.1. The first-order valence-corrected chi connectivity index (χ1v) is 8.92. The Bertz CT molecular complexity index is 907. The van der Waals surface area contributed by atoms with Crippen LogP contribution in [-0.2, 0) is 5.54 Å². The Hall–Kier alpha value is -2.90. The molecule has 8 nitrogen and oxygen atoms in total. The Balaban J connectivity index is 1.98. The van der Waals surface area contributed by atoms with Gasteiger partial charge in [0.05, 0.1) is 10.5 Å². The number of nitrogens with zero attached hydrogens (tertiary/aromatic N) is 3. The van der Waals surface area contributed by atoms with E-state index in [-0.39, 0.29) is 17.6 Å². The van der Waals surface area contributed by atoms with Crippen molar-refractivity contribution in [2.75, 3.05) is 0 Å². The summed E-state index contributed by atoms with van der Waals surface area (Å²) in [6.07, 6.45) is 1.99. The molecule has 144 valence electrons. The number of aryl methyl sites for hydroxylation is 1. The minimum Gasteiger partial charge on any atom is -0.439 e. The van der Waals surface area contributed by atoms with Crippen LogP contribution < -0.4 is 10.1 Å². The highest BCUT2D eigenvalue weighted by Gasteiger charge is 2.30. The van der Waals surface area contributed by atoms with Gasteiger partial charge in [0.1, 0.15) is 5.75 Å². The summed E-state index contributed by atoms with van der Waals surface area (Å²) in [5.74, 6) is 0.709. The lowest BCUT2D eigenvalue weighted by molar-refractivity contribution is -0.385. The van der Waals surface area contributed by atoms with E-state index < -0.39 is 10.5 Å². The van der Waals surface area contributed by atoms with E-state index >= 15 is 0 Å². The van der Waals surface area contributed by atoms with E-state index in [0.717, 1.165) is 12.8 Å². The zero-order valence-corrected chi connectivity index (χ0v) is 16.2. The van der Waals surface area contributed by atoms with Crippen LogP contribution in [0.1, 0.15) is 55.2 Å². The monoisotopic (exact) mass is 372 g/mol. The number of ether oxygens (including phenoxy) is 1. The number of nitro groups is 1. The van der Waals surface area contributed by atoms with Gasteiger partial charge in [-0.2, -0.15) is 5.10 Å². The summed E-state index contributed by atoms with van der Waals surface area (Å²) in [4.78, 5) is 23.1. The molecule has 1 aliphatic carbocycles. The zero-order chi connectivity index (χ0) is 19.9. The summed E-state index contributed by atoms with van der Waals surface area (Å²) in [5, 5.41) is 18.5. The van der Waals surface area contributed by atoms with Gasteiger partial charge >= 0.3 is 0 Å². The van der Waals surface area contributed by atoms with Crippen LogP contribution >= 0.6 is 0 Å². The molecule has 1 aromatic carbocycles. The van der Waals surface area contributed by atoms with Crippen LogP contribution in [0.4, 0.5) is 5.69 Å². The van der Waals surface area contributed by atoms with E-state index in [1.165, 1.54) is 6.07 Å². The average molecular weight is 372 g/mol. The van der Waals surface area contributed by atoms with Crippen LogP contribution in [-0.4, -0.2) is 26.7 Å². The molecular formula is C19H24N4O4. The average Bonchev–Trinajstić information content (AvgIpc) is 3.29. The Morgan fingerprint density at radius 2 is 2.00 bits per heavy atom. The van der Waals surface area contributed by atoms with Gasteiger partial charge in [0.15, 0.2) is 5.69 Å². The summed E-state index contributed by atoms with van der Waals surface area (Å²) in [5.41, 5.74) is 1.11. The number of amides is 1. The number of benzene rings is 1. The lowest BCUT2D eigenvalue weighted by Gasteiger charge is -2.22. The Labute approximate surface area is 157 Å². The highest BCUT2D eigenvalue weighted by atomic mass is 16.6. The SMILES string of the molecule is Cc1cc(Oc2c(C)c(C(=O)NC3CC3)nn2C(C)(C)C)ccc1[N+](=O)[O-]. The topological polar surface area (TPSA) is 99.3 Å². The predicted octanol–water partition coefficient (Wildman–Crippen LogP) is 3.85. The van der Waals surface area contributed by atoms with Crippen molar-refractivity contribution in [1.82, 2.24) is 15.1 Å². The molecule has 0 aliphatic heterocycles. The largest absolute Gasteiger partial charge is 0.439 e. The summed E-state index contributed by atoms with van der Waals surface area (Å²) < 4.78 is 7.71. The van der Waals surface area contributed by atoms with E-state index in [0.29, 0.717) is 28.5 Å². The quantitative estimate of drug-likeness (QED) is 0.635. The van der Waals surface area contributed by atoms with Crippen LogP contribution in [0.3, 0.4) is 0 Å². The summed E-state index contributed by atoms with van der Waals surface area (Å²) in [6, 6.07) is 4.81. The van der Waals surface area contributed by atoms with E-state index in [2.05, 4.69) is 10.4 Å². The molecule has 1 fully saturated rings. The number of hydrogen-bond donors (Lipinski definition) is 1. The molecule has 0 radical (unpaired) electrons. The maximum atomic E-state index is 12.5. The second kappa shape index (κ2) is 6.68. The number of rotatable bonds is 5. The van der Waals surface area contributed by atoms with Gasteiger partial charge in [0.2, 0.25) is 5.88 Å². The van der Waals surface area contributed by atoms with Gasteiger partial charge in [-0.1, -0.05) is 0 Å². The molecule has 1 aromatic heterocycles. The third-order valence-electron chi connectivity index (χ3n) is 4.41. The molecule has 1 amide bonds. The van der Waals surface area contributed by atoms with Crippen molar-refractivity contribution in [3.05, 3.63) is 45.1 Å². The molecule has 0 unspecified atom stereocenters. The molecule has 27 heavy (non-hydrogen) atoms. The van der Waals surface area contributed by atoms with Crippen molar-refractivity contribution >= 4 is 11.6 Å². The van der Waals surface area contributed by atoms with E-state index in [4.69, 9.17) is 4.74 Å². The molecule has 1 aliphatic rings. The predicted molar refractivity (Wildman–Crippen MR) is 100 cm³/mol. The maximum absolute atomic E-state index is 12.5. The maximum Gasteiger partial charge on any atom is 0.272 e. The second-order valence-corrected chi connectivity index (χ2v) is 7.92. The first kappa shape index (κ1) is 18.9. The number of carbonyl (C=O) groups excluding carboxylic acids is 1. The minimum absolute atomic E-state index is 0.0351. The third kappa shape index (κ3) is 3.94. The normalized spacial score (nSPS) is 14.1. The molecular weight excluding hydrogens is 348 g/mol. The van der Waals surface area contributed by atoms with Crippen LogP contribution in [0.2, 0.25) is 0 Å². The fourth-order valence-corrected chi connectivity index (χ4v) is 2.76. The Morgan fingerprint density at radius 3 is 2.52 bits per heavy atom. The van der Waals surface area contributed by atoms with E-state index in [9.17, 15) is 14.9 Å². The molecule has 0 spiro atoms. The first-order valence-electron chi connectivity index (χ1n) is 8.92. The molecule has 1 saturated carbocycles. The third-order valence-corrected chi connectivity index (χ3v) is 4.41. The van der Waals surface area contributed by atoms with Crippen molar-refractivity contribution in [3.8, 4) is 11.6 Å². The van der Waals surface area contributed by atoms with Gasteiger partial charge in [0, 0.05) is 23.2 Å². The summed E-state index contributed by atoms with van der Waals surface area (Å²) in [6.45, 7) is 9.36. The molecule has 2 aromatic rings. The zero-order valence-electron chi connectivity index (χ0n) is 16.2. The van der Waals surface area contributed by atoms with Crippen molar-refractivity contribution in [3.63, 3.8) is 0 Å². The highest BCUT2D eigenvalue weighted by Crippen LogP contribution is 2.34. The van der Waals surface area contributed by atoms with Crippen molar-refractivity contribution in [2.24, 2.45) is 0 Å². The molecule has 0 bridgehead atoms. The van der Waals surface area contributed by atoms with Crippen LogP contribution in [0.15, 0.2) is 18.2 Å². The Morgan fingerprint density at radius 1 is 1.33 bits per heavy atom. The van der Waals surface area contributed by atoms with Crippen LogP contribution in [0, 0.1) is 24.0 Å². The van der Waals surface area contributed by atoms with Crippen molar-refractivity contribution < 1.29 is 14.5 Å². The fraction of sp³-hybridized carbons (Fsp3) is 0.474. The number of carbonyl (C=O) groups is 1. The minimum atomic E-state index is -0.426. The van der Waals surface area contributed by atoms with Gasteiger partial charge < -0.3 is 10.1 Å². The molecule has 0 saturated heterocycles. The van der Waals surface area contributed by atoms with Gasteiger partial charge in [-0.15, -0.1) is 0 Å². The number of nitro benzene ring substituents is 1. The summed E-state index contributed by atoms with van der Waals surface area (Å²) >= 11 is 0. The number of nitrogens with one attached hydrogen (secondary N) is 1. The van der Waals surface area contributed by atoms with Crippen LogP contribution in [0.5, 0.6) is 11.6 Å². The summed E-state index contributed by atoms with van der Waals surface area (Å²) in [7, 11) is 0. The lowest BCUT2D eigenvalue weighted by Crippen LogP contribution is -2.28. The highest BCUT2D eigenvalue weighted by molar-refractivity contribution is 5.94. The Kier molecular flexibility index (Phi) is 4.67. The second-order valence-electron chi connectivity index (χ2n) is 7.92. The standard InChI is InChI=1S/C19H24N4O4/c1-11-10-14(8-9-15(11)23(25)26)27-18-12(2)16(17(24)20-13-6-7-13)21-22(18)19(3,4)5/h8-10,13H,6-7H2,1-5H3,(H,20,24). The van der Waals surface area contributed by atoms with Gasteiger partial charge in [-0.25, -0.2) is 4.68 Å². The molecule has 8 heteroatoms. The van der Waals surface area contributed by atoms with E-state index in [1.54, 1.807) is 30.7 Å². The van der Waals surface area contributed by atoms with Gasteiger partial charge in [0.25, 0.3) is 11.6 Å². The number of aromatic nitrogens is 2. The molecule has 0 atom stereocenters. The molecule has 3 rings (SSSR count). The van der Waals surface area contributed by atoms with Crippen molar-refractivity contribution in [2.45, 2.75) is 59.0 Å². The molecule has 1 heterocycles. The molecule has 1 N–H and O–H groups in total. The van der Waals surface area contributed by atoms with Crippen molar-refractivity contribution in [1.29, 1.82) is 0 Å². The smallest absolute Gasteiger partial charge is 0.272 e. The van der Waals surface area contributed by atoms with Crippen LogP contribution in [0.25, 0.3) is 0 Å². The fourth-order valence-electron chi connectivity index (χ4n) is 2.76. The van der Waals surface area contributed by atoms with Gasteiger partial charge in [-0.05, 0) is 59.6 Å². The first-order chi connectivity index (χ1) is 12.6. The van der Waals surface area contributed by atoms with Gasteiger partial charge in [-0.3, -0.25) is 14.9 Å². The number of hydrogen-bond acceptors (Lipinski definition) is 5.